The van der Waals surface area contributed by atoms with Crippen LogP contribution in [0.2, 0.25) is 0 Å². The third kappa shape index (κ3) is 8.83. The Morgan fingerprint density at radius 2 is 0.435 bits per heavy atom. The number of hydrogen-bond donors (Lipinski definition) is 0. The predicted molar refractivity (Wildman–Crippen MR) is 395 cm³/mol. The fourth-order valence-electron chi connectivity index (χ4n) is 15.2. The Bertz CT molecular complexity index is 5840. The van der Waals surface area contributed by atoms with Crippen molar-refractivity contribution in [3.8, 4) is 100 Å². The Morgan fingerprint density at radius 3 is 0.957 bits per heavy atom. The third-order valence-electron chi connectivity index (χ3n) is 19.4. The average Bonchev–Trinajstić information content (AvgIpc) is 0.761. The Balaban J connectivity index is 0.764. The number of hydrogen-bond acceptors (Lipinski definition) is 0. The Labute approximate surface area is 534 Å². The van der Waals surface area contributed by atoms with Gasteiger partial charge in [-0.05, 0) is 217 Å². The maximum atomic E-state index is 2.46. The van der Waals surface area contributed by atoms with Crippen LogP contribution in [0.15, 0.2) is 352 Å². The summed E-state index contributed by atoms with van der Waals surface area (Å²) in [5.74, 6) is 0. The Morgan fingerprint density at radius 1 is 0.120 bits per heavy atom. The van der Waals surface area contributed by atoms with Crippen molar-refractivity contribution in [1.82, 2.24) is 0 Å². The van der Waals surface area contributed by atoms with Gasteiger partial charge in [0.25, 0.3) is 0 Å². The van der Waals surface area contributed by atoms with Gasteiger partial charge in [0.1, 0.15) is 0 Å². The molecule has 0 aliphatic rings. The molecule has 0 amide bonds. The van der Waals surface area contributed by atoms with Gasteiger partial charge >= 0.3 is 0 Å². The van der Waals surface area contributed by atoms with Crippen molar-refractivity contribution in [2.45, 2.75) is 0 Å². The summed E-state index contributed by atoms with van der Waals surface area (Å²) in [5.41, 5.74) is 21.9. The van der Waals surface area contributed by atoms with Crippen molar-refractivity contribution < 1.29 is 0 Å². The van der Waals surface area contributed by atoms with E-state index in [0.29, 0.717) is 0 Å². The van der Waals surface area contributed by atoms with Gasteiger partial charge in [-0.15, -0.1) is 0 Å². The van der Waals surface area contributed by atoms with Gasteiger partial charge in [-0.3, -0.25) is 0 Å². The van der Waals surface area contributed by atoms with Crippen LogP contribution < -0.4 is 0 Å². The zero-order valence-corrected chi connectivity index (χ0v) is 50.5. The van der Waals surface area contributed by atoms with E-state index in [1.165, 1.54) is 186 Å². The van der Waals surface area contributed by atoms with Crippen molar-refractivity contribution >= 4 is 86.2 Å². The Hall–Kier alpha value is -12.0. The standard InChI is InChI=1S/C92H58/c1-3-22-59(23-4-1)61-44-48-63(49-45-61)88-78-36-13-17-40-82(78)91(83-41-18-14-37-79(83)88)71-31-20-29-66(55-71)86-57-68-27-8-10-33-73(68)92-74(42-21-43-84(86)92)69-52-53-75-72-32-9-7-26-67(72)56-85(87(75)58-69)62-46-50-64(51-47-62)89-76-34-11-15-38-80(76)90(81-39-16-12-35-77(81)89)70-30-19-28-65(54-70)60-24-5-2-6-25-60/h1-58H. The second-order valence-electron chi connectivity index (χ2n) is 24.5. The van der Waals surface area contributed by atoms with E-state index in [-0.39, 0.29) is 0 Å². The molecule has 92 heavy (non-hydrogen) atoms. The van der Waals surface area contributed by atoms with Gasteiger partial charge in [-0.2, -0.15) is 0 Å². The zero-order chi connectivity index (χ0) is 60.6. The maximum Gasteiger partial charge on any atom is -0.00206 e. The van der Waals surface area contributed by atoms with E-state index < -0.39 is 0 Å². The molecule has 18 rings (SSSR count). The first-order valence-electron chi connectivity index (χ1n) is 32.0. The largest absolute Gasteiger partial charge is 0.0622 e. The summed E-state index contributed by atoms with van der Waals surface area (Å²) in [6.45, 7) is 0. The molecule has 0 saturated carbocycles. The minimum atomic E-state index is 1.18. The van der Waals surface area contributed by atoms with Crippen LogP contribution in [0.1, 0.15) is 0 Å². The lowest BCUT2D eigenvalue weighted by Crippen LogP contribution is -1.92. The molecular weight excluding hydrogens is 1110 g/mol. The van der Waals surface area contributed by atoms with Crippen LogP contribution in [0, 0.1) is 0 Å². The van der Waals surface area contributed by atoms with Crippen LogP contribution in [0.4, 0.5) is 0 Å². The monoisotopic (exact) mass is 1160 g/mol. The summed E-state index contributed by atoms with van der Waals surface area (Å²) in [7, 11) is 0. The molecule has 0 N–H and O–H groups in total. The number of fused-ring (bicyclic) bond motifs is 10. The first-order valence-corrected chi connectivity index (χ1v) is 32.0. The maximum absolute atomic E-state index is 2.46. The summed E-state index contributed by atoms with van der Waals surface area (Å²) in [6, 6.07) is 131. The number of rotatable bonds is 9. The zero-order valence-electron chi connectivity index (χ0n) is 50.5. The van der Waals surface area contributed by atoms with E-state index in [2.05, 4.69) is 352 Å². The average molecular weight is 1160 g/mol. The van der Waals surface area contributed by atoms with E-state index in [1.54, 1.807) is 0 Å². The van der Waals surface area contributed by atoms with E-state index >= 15 is 0 Å². The van der Waals surface area contributed by atoms with Crippen LogP contribution in [-0.4, -0.2) is 0 Å². The first-order chi connectivity index (χ1) is 45.6. The molecule has 0 aromatic heterocycles. The molecule has 0 heterocycles. The molecule has 0 heteroatoms. The quantitative estimate of drug-likeness (QED) is 0.0998. The van der Waals surface area contributed by atoms with Crippen LogP contribution in [0.25, 0.3) is 186 Å². The molecule has 0 fully saturated rings. The van der Waals surface area contributed by atoms with Crippen molar-refractivity contribution in [2.75, 3.05) is 0 Å². The first kappa shape index (κ1) is 53.1. The molecule has 0 spiro atoms. The van der Waals surface area contributed by atoms with Gasteiger partial charge in [0, 0.05) is 0 Å². The van der Waals surface area contributed by atoms with Crippen molar-refractivity contribution in [3.63, 3.8) is 0 Å². The summed E-state index contributed by atoms with van der Waals surface area (Å²) >= 11 is 0. The van der Waals surface area contributed by atoms with Crippen LogP contribution in [0.3, 0.4) is 0 Å². The van der Waals surface area contributed by atoms with E-state index in [4.69, 9.17) is 0 Å². The highest BCUT2D eigenvalue weighted by Crippen LogP contribution is 2.49. The lowest BCUT2D eigenvalue weighted by atomic mass is 9.84. The van der Waals surface area contributed by atoms with Gasteiger partial charge in [0.15, 0.2) is 0 Å². The van der Waals surface area contributed by atoms with E-state index in [0.717, 1.165) is 0 Å². The summed E-state index contributed by atoms with van der Waals surface area (Å²) in [5, 5.41) is 19.8. The van der Waals surface area contributed by atoms with Gasteiger partial charge in [0.05, 0.1) is 0 Å². The van der Waals surface area contributed by atoms with Gasteiger partial charge < -0.3 is 0 Å². The van der Waals surface area contributed by atoms with Crippen LogP contribution in [-0.2, 0) is 0 Å². The SMILES string of the molecule is c1ccc(-c2ccc(-c3c4ccccc4c(-c4cccc(-c5cc6ccccc6c6c(-c7ccc8c(c7)c(-c7ccc(-c9c%10ccccc%10c(-c%10cccc(-c%11ccccc%11)c%10)c%10ccccc9%10)cc7)cc7ccccc78)cccc56)c4)c4ccccc34)cc2)cc1. The van der Waals surface area contributed by atoms with E-state index in [9.17, 15) is 0 Å². The molecule has 18 aromatic rings. The van der Waals surface area contributed by atoms with Gasteiger partial charge in [-0.25, -0.2) is 0 Å². The lowest BCUT2D eigenvalue weighted by Gasteiger charge is -2.19. The number of benzene rings is 18. The van der Waals surface area contributed by atoms with Gasteiger partial charge in [-0.1, -0.05) is 322 Å². The Kier molecular flexibility index (Phi) is 12.7. The summed E-state index contributed by atoms with van der Waals surface area (Å²) in [4.78, 5) is 0. The predicted octanol–water partition coefficient (Wildman–Crippen LogP) is 25.9. The molecule has 18 aromatic carbocycles. The molecule has 0 nitrogen and oxygen atoms in total. The second kappa shape index (κ2) is 22.0. The fraction of sp³-hybridized carbons (Fsp3) is 0. The molecule has 0 aliphatic carbocycles. The highest BCUT2D eigenvalue weighted by molar-refractivity contribution is 6.25. The molecule has 0 unspecified atom stereocenters. The van der Waals surface area contributed by atoms with Crippen molar-refractivity contribution in [2.24, 2.45) is 0 Å². The minimum absolute atomic E-state index is 1.18. The molecule has 0 saturated heterocycles. The molecule has 0 atom stereocenters. The van der Waals surface area contributed by atoms with E-state index in [1.807, 2.05) is 0 Å². The normalized spacial score (nSPS) is 11.7. The molecule has 0 radical (unpaired) electrons. The minimum Gasteiger partial charge on any atom is -0.0622 e. The molecule has 0 aliphatic heterocycles. The fourth-order valence-corrected chi connectivity index (χ4v) is 15.2. The van der Waals surface area contributed by atoms with Gasteiger partial charge in [0.2, 0.25) is 0 Å². The molecular formula is C92H58. The second-order valence-corrected chi connectivity index (χ2v) is 24.5. The van der Waals surface area contributed by atoms with Crippen LogP contribution in [0.5, 0.6) is 0 Å². The lowest BCUT2D eigenvalue weighted by molar-refractivity contribution is 1.61. The highest BCUT2D eigenvalue weighted by Gasteiger charge is 2.22. The highest BCUT2D eigenvalue weighted by atomic mass is 14.3. The smallest absolute Gasteiger partial charge is 0.00206 e. The molecule has 426 valence electrons. The topological polar surface area (TPSA) is 0 Å². The van der Waals surface area contributed by atoms with Crippen LogP contribution >= 0.6 is 0 Å². The van der Waals surface area contributed by atoms with Crippen molar-refractivity contribution in [3.05, 3.63) is 352 Å². The van der Waals surface area contributed by atoms with Crippen molar-refractivity contribution in [1.29, 1.82) is 0 Å². The third-order valence-corrected chi connectivity index (χ3v) is 19.4. The summed E-state index contributed by atoms with van der Waals surface area (Å²) < 4.78 is 0. The summed E-state index contributed by atoms with van der Waals surface area (Å²) in [6.07, 6.45) is 0. The molecule has 0 bridgehead atoms.